The molecule has 2 aromatic rings. The second kappa shape index (κ2) is 6.45. The molecule has 0 bridgehead atoms. The quantitative estimate of drug-likeness (QED) is 0.685. The Labute approximate surface area is 138 Å². The molecule has 0 unspecified atom stereocenters. The Bertz CT molecular complexity index is 730. The van der Waals surface area contributed by atoms with Gasteiger partial charge in [0.1, 0.15) is 0 Å². The molecule has 2 N–H and O–H groups in total. The molecule has 0 spiro atoms. The lowest BCUT2D eigenvalue weighted by molar-refractivity contribution is 0.103. The summed E-state index contributed by atoms with van der Waals surface area (Å²) in [6, 6.07) is 11.7. The zero-order chi connectivity index (χ0) is 16.4. The van der Waals surface area contributed by atoms with Gasteiger partial charge in [0.15, 0.2) is 5.78 Å². The summed E-state index contributed by atoms with van der Waals surface area (Å²) in [6.45, 7) is 6.07. The van der Waals surface area contributed by atoms with Crippen molar-refractivity contribution in [2.45, 2.75) is 33.1 Å². The molecule has 1 heterocycles. The van der Waals surface area contributed by atoms with Gasteiger partial charge < -0.3 is 10.6 Å². The third kappa shape index (κ3) is 3.24. The standard InChI is InChI=1S/C20H24N2O/c1-14-6-7-15(2)17(12-14)20(23)16-8-9-19(18(21)13-16)22-10-4-3-5-11-22/h6-9,12-13H,3-5,10-11,21H2,1-2H3. The predicted molar refractivity (Wildman–Crippen MR) is 96.3 cm³/mol. The molecule has 1 fully saturated rings. The molecule has 1 aliphatic heterocycles. The molecule has 2 aromatic carbocycles. The minimum absolute atomic E-state index is 0.0445. The smallest absolute Gasteiger partial charge is 0.193 e. The Balaban J connectivity index is 1.90. The molecule has 0 aliphatic carbocycles. The van der Waals surface area contributed by atoms with Crippen molar-refractivity contribution in [3.8, 4) is 0 Å². The van der Waals surface area contributed by atoms with Crippen LogP contribution in [0.15, 0.2) is 36.4 Å². The van der Waals surface area contributed by atoms with E-state index in [1.165, 1.54) is 19.3 Å². The van der Waals surface area contributed by atoms with Crippen molar-refractivity contribution in [1.29, 1.82) is 0 Å². The molecular weight excluding hydrogens is 284 g/mol. The van der Waals surface area contributed by atoms with Crippen LogP contribution in [0.2, 0.25) is 0 Å². The molecule has 3 rings (SSSR count). The van der Waals surface area contributed by atoms with Crippen LogP contribution in [0, 0.1) is 13.8 Å². The maximum atomic E-state index is 12.8. The van der Waals surface area contributed by atoms with Crippen LogP contribution in [0.3, 0.4) is 0 Å². The van der Waals surface area contributed by atoms with E-state index in [1.807, 2.05) is 50.2 Å². The minimum atomic E-state index is 0.0445. The number of anilines is 2. The maximum absolute atomic E-state index is 12.8. The molecule has 0 aromatic heterocycles. The molecule has 3 nitrogen and oxygen atoms in total. The first-order valence-electron chi connectivity index (χ1n) is 8.32. The molecule has 0 atom stereocenters. The van der Waals surface area contributed by atoms with Gasteiger partial charge in [0.2, 0.25) is 0 Å². The number of piperidine rings is 1. The Morgan fingerprint density at radius 1 is 1.00 bits per heavy atom. The van der Waals surface area contributed by atoms with E-state index in [-0.39, 0.29) is 5.78 Å². The fourth-order valence-corrected chi connectivity index (χ4v) is 3.25. The van der Waals surface area contributed by atoms with Crippen molar-refractivity contribution >= 4 is 17.2 Å². The van der Waals surface area contributed by atoms with Crippen molar-refractivity contribution in [1.82, 2.24) is 0 Å². The van der Waals surface area contributed by atoms with Crippen molar-refractivity contribution in [3.05, 3.63) is 58.7 Å². The number of nitrogen functional groups attached to an aromatic ring is 1. The summed E-state index contributed by atoms with van der Waals surface area (Å²) in [6.07, 6.45) is 3.71. The number of ketones is 1. The van der Waals surface area contributed by atoms with Gasteiger partial charge in [0, 0.05) is 24.2 Å². The van der Waals surface area contributed by atoms with E-state index < -0.39 is 0 Å². The summed E-state index contributed by atoms with van der Waals surface area (Å²) < 4.78 is 0. The maximum Gasteiger partial charge on any atom is 0.193 e. The average molecular weight is 308 g/mol. The Morgan fingerprint density at radius 2 is 1.74 bits per heavy atom. The molecule has 23 heavy (non-hydrogen) atoms. The van der Waals surface area contributed by atoms with E-state index >= 15 is 0 Å². The molecule has 120 valence electrons. The lowest BCUT2D eigenvalue weighted by atomic mass is 9.96. The van der Waals surface area contributed by atoms with Gasteiger partial charge in [-0.3, -0.25) is 4.79 Å². The summed E-state index contributed by atoms with van der Waals surface area (Å²) in [5.41, 5.74) is 11.5. The average Bonchev–Trinajstić information content (AvgIpc) is 2.57. The highest BCUT2D eigenvalue weighted by molar-refractivity contribution is 6.10. The zero-order valence-corrected chi connectivity index (χ0v) is 13.9. The number of benzene rings is 2. The van der Waals surface area contributed by atoms with Gasteiger partial charge in [-0.05, 0) is 62.9 Å². The van der Waals surface area contributed by atoms with Gasteiger partial charge in [-0.15, -0.1) is 0 Å². The van der Waals surface area contributed by atoms with Gasteiger partial charge in [-0.1, -0.05) is 17.7 Å². The van der Waals surface area contributed by atoms with Gasteiger partial charge in [0.05, 0.1) is 11.4 Å². The highest BCUT2D eigenvalue weighted by Gasteiger charge is 2.17. The lowest BCUT2D eigenvalue weighted by Gasteiger charge is -2.30. The monoisotopic (exact) mass is 308 g/mol. The first kappa shape index (κ1) is 15.6. The molecule has 0 saturated carbocycles. The third-order valence-corrected chi connectivity index (χ3v) is 4.62. The van der Waals surface area contributed by atoms with Crippen LogP contribution in [-0.2, 0) is 0 Å². The third-order valence-electron chi connectivity index (χ3n) is 4.62. The first-order valence-corrected chi connectivity index (χ1v) is 8.32. The highest BCUT2D eigenvalue weighted by Crippen LogP contribution is 2.28. The molecule has 0 radical (unpaired) electrons. The Morgan fingerprint density at radius 3 is 2.43 bits per heavy atom. The van der Waals surface area contributed by atoms with Crippen LogP contribution in [0.1, 0.15) is 46.3 Å². The SMILES string of the molecule is Cc1ccc(C)c(C(=O)c2ccc(N3CCCCC3)c(N)c2)c1. The van der Waals surface area contributed by atoms with Gasteiger partial charge >= 0.3 is 0 Å². The van der Waals surface area contributed by atoms with Crippen LogP contribution < -0.4 is 10.6 Å². The summed E-state index contributed by atoms with van der Waals surface area (Å²) in [5.74, 6) is 0.0445. The van der Waals surface area contributed by atoms with Crippen LogP contribution in [0.25, 0.3) is 0 Å². The lowest BCUT2D eigenvalue weighted by Crippen LogP contribution is -2.30. The van der Waals surface area contributed by atoms with E-state index in [1.54, 1.807) is 0 Å². The molecule has 1 saturated heterocycles. The molecule has 0 amide bonds. The number of hydrogen-bond acceptors (Lipinski definition) is 3. The van der Waals surface area contributed by atoms with E-state index in [0.29, 0.717) is 11.3 Å². The fraction of sp³-hybridized carbons (Fsp3) is 0.350. The molecule has 1 aliphatic rings. The Hall–Kier alpha value is -2.29. The largest absolute Gasteiger partial charge is 0.397 e. The molecular formula is C20H24N2O. The number of nitrogens with zero attached hydrogens (tertiary/aromatic N) is 1. The van der Waals surface area contributed by atoms with Crippen molar-refractivity contribution in [2.24, 2.45) is 0 Å². The number of rotatable bonds is 3. The fourth-order valence-electron chi connectivity index (χ4n) is 3.25. The van der Waals surface area contributed by atoms with E-state index in [0.717, 1.165) is 35.5 Å². The highest BCUT2D eigenvalue weighted by atomic mass is 16.1. The van der Waals surface area contributed by atoms with Crippen LogP contribution >= 0.6 is 0 Å². The van der Waals surface area contributed by atoms with E-state index in [2.05, 4.69) is 4.90 Å². The summed E-state index contributed by atoms with van der Waals surface area (Å²) in [5, 5.41) is 0. The second-order valence-corrected chi connectivity index (χ2v) is 6.47. The Kier molecular flexibility index (Phi) is 4.37. The van der Waals surface area contributed by atoms with Gasteiger partial charge in [0.25, 0.3) is 0 Å². The normalized spacial score (nSPS) is 14.8. The van der Waals surface area contributed by atoms with Crippen LogP contribution in [0.5, 0.6) is 0 Å². The van der Waals surface area contributed by atoms with Crippen molar-refractivity contribution in [2.75, 3.05) is 23.7 Å². The number of carbonyl (C=O) groups excluding carboxylic acids is 1. The number of nitrogens with two attached hydrogens (primary N) is 1. The number of aryl methyl sites for hydroxylation is 2. The predicted octanol–water partition coefficient (Wildman–Crippen LogP) is 4.11. The number of hydrogen-bond donors (Lipinski definition) is 1. The summed E-state index contributed by atoms with van der Waals surface area (Å²) >= 11 is 0. The zero-order valence-electron chi connectivity index (χ0n) is 13.9. The van der Waals surface area contributed by atoms with Crippen LogP contribution in [0.4, 0.5) is 11.4 Å². The van der Waals surface area contributed by atoms with E-state index in [4.69, 9.17) is 5.73 Å². The number of carbonyl (C=O) groups is 1. The van der Waals surface area contributed by atoms with Crippen LogP contribution in [-0.4, -0.2) is 18.9 Å². The second-order valence-electron chi connectivity index (χ2n) is 6.47. The summed E-state index contributed by atoms with van der Waals surface area (Å²) in [4.78, 5) is 15.1. The van der Waals surface area contributed by atoms with Gasteiger partial charge in [-0.2, -0.15) is 0 Å². The van der Waals surface area contributed by atoms with E-state index in [9.17, 15) is 4.79 Å². The minimum Gasteiger partial charge on any atom is -0.397 e. The van der Waals surface area contributed by atoms with Crippen molar-refractivity contribution < 1.29 is 4.79 Å². The molecule has 3 heteroatoms. The first-order chi connectivity index (χ1) is 11.1. The van der Waals surface area contributed by atoms with Gasteiger partial charge in [-0.25, -0.2) is 0 Å². The topological polar surface area (TPSA) is 46.3 Å². The van der Waals surface area contributed by atoms with Crippen molar-refractivity contribution in [3.63, 3.8) is 0 Å². The summed E-state index contributed by atoms with van der Waals surface area (Å²) in [7, 11) is 0.